The van der Waals surface area contributed by atoms with E-state index < -0.39 is 0 Å². The molecule has 0 aliphatic carbocycles. The molecule has 2 aromatic carbocycles. The molecule has 6 nitrogen and oxygen atoms in total. The molecule has 1 fully saturated rings. The second kappa shape index (κ2) is 10.0. The minimum Gasteiger partial charge on any atom is -0.497 e. The van der Waals surface area contributed by atoms with Crippen molar-refractivity contribution in [2.24, 2.45) is 0 Å². The normalized spacial score (nSPS) is 15.1. The summed E-state index contributed by atoms with van der Waals surface area (Å²) in [6, 6.07) is 13.4. The van der Waals surface area contributed by atoms with Crippen molar-refractivity contribution < 1.29 is 9.53 Å². The van der Waals surface area contributed by atoms with Gasteiger partial charge in [-0.1, -0.05) is 11.6 Å². The van der Waals surface area contributed by atoms with E-state index in [-0.39, 0.29) is 5.91 Å². The number of nitrogens with zero attached hydrogens (tertiary/aromatic N) is 2. The van der Waals surface area contributed by atoms with Gasteiger partial charge in [0.15, 0.2) is 0 Å². The van der Waals surface area contributed by atoms with Crippen molar-refractivity contribution in [2.45, 2.75) is 25.2 Å². The lowest BCUT2D eigenvalue weighted by molar-refractivity contribution is 0.0952. The van der Waals surface area contributed by atoms with Crippen molar-refractivity contribution >= 4 is 39.3 Å². The fourth-order valence-electron chi connectivity index (χ4n) is 4.97. The number of amides is 1. The molecule has 1 aliphatic heterocycles. The second-order valence-corrected chi connectivity index (χ2v) is 9.34. The summed E-state index contributed by atoms with van der Waals surface area (Å²) in [7, 11) is 1.62. The maximum Gasteiger partial charge on any atom is 0.252 e. The van der Waals surface area contributed by atoms with E-state index in [2.05, 4.69) is 38.5 Å². The molecule has 7 heteroatoms. The Hall–Kier alpha value is -3.09. The van der Waals surface area contributed by atoms with Gasteiger partial charge in [0.2, 0.25) is 0 Å². The molecule has 0 saturated carbocycles. The molecule has 2 N–H and O–H groups in total. The summed E-state index contributed by atoms with van der Waals surface area (Å²) in [5.74, 6) is 1.20. The van der Waals surface area contributed by atoms with Crippen LogP contribution in [-0.4, -0.2) is 54.1 Å². The largest absolute Gasteiger partial charge is 0.497 e. The molecule has 1 aliphatic rings. The van der Waals surface area contributed by atoms with Gasteiger partial charge in [0.25, 0.3) is 5.91 Å². The summed E-state index contributed by atoms with van der Waals surface area (Å²) in [5.41, 5.74) is 3.95. The number of fused-ring (bicyclic) bond motifs is 2. The number of ether oxygens (including phenoxy) is 1. The van der Waals surface area contributed by atoms with Crippen LogP contribution in [-0.2, 0) is 0 Å². The molecule has 0 unspecified atom stereocenters. The second-order valence-electron chi connectivity index (χ2n) is 8.90. The van der Waals surface area contributed by atoms with Gasteiger partial charge in [-0.25, -0.2) is 0 Å². The number of hydrogen-bond donors (Lipinski definition) is 2. The molecule has 0 atom stereocenters. The van der Waals surface area contributed by atoms with Gasteiger partial charge in [-0.15, -0.1) is 0 Å². The molecular weight excluding hydrogens is 448 g/mol. The van der Waals surface area contributed by atoms with Gasteiger partial charge in [-0.3, -0.25) is 9.78 Å². The summed E-state index contributed by atoms with van der Waals surface area (Å²) in [4.78, 5) is 23.0. The van der Waals surface area contributed by atoms with E-state index in [0.717, 1.165) is 60.3 Å². The fourth-order valence-corrected chi connectivity index (χ4v) is 5.14. The number of H-pyrrole nitrogens is 1. The highest BCUT2D eigenvalue weighted by Gasteiger charge is 2.22. The van der Waals surface area contributed by atoms with E-state index in [0.29, 0.717) is 23.8 Å². The van der Waals surface area contributed by atoms with Gasteiger partial charge in [-0.2, -0.15) is 0 Å². The van der Waals surface area contributed by atoms with E-state index in [4.69, 9.17) is 16.3 Å². The number of halogens is 1. The number of likely N-dealkylation sites (tertiary alicyclic amines) is 1. The Morgan fingerprint density at radius 1 is 1.18 bits per heavy atom. The van der Waals surface area contributed by atoms with Gasteiger partial charge in [-0.05, 0) is 92.8 Å². The van der Waals surface area contributed by atoms with Crippen molar-refractivity contribution in [3.63, 3.8) is 0 Å². The van der Waals surface area contributed by atoms with Crippen LogP contribution < -0.4 is 10.1 Å². The number of aromatic nitrogens is 2. The van der Waals surface area contributed by atoms with Crippen LogP contribution in [0.2, 0.25) is 5.02 Å². The molecule has 0 radical (unpaired) electrons. The average Bonchev–Trinajstić information content (AvgIpc) is 3.29. The zero-order chi connectivity index (χ0) is 23.5. The number of carbonyl (C=O) groups excluding carboxylic acids is 1. The Labute approximate surface area is 204 Å². The molecule has 34 heavy (non-hydrogen) atoms. The molecule has 4 aromatic rings. The topological polar surface area (TPSA) is 70.2 Å². The van der Waals surface area contributed by atoms with Gasteiger partial charge in [0.1, 0.15) is 5.75 Å². The molecule has 0 bridgehead atoms. The number of benzene rings is 2. The van der Waals surface area contributed by atoms with Crippen molar-refractivity contribution in [3.8, 4) is 5.75 Å². The third-order valence-electron chi connectivity index (χ3n) is 6.83. The van der Waals surface area contributed by atoms with E-state index >= 15 is 0 Å². The predicted octanol–water partition coefficient (Wildman–Crippen LogP) is 5.38. The number of nitrogens with one attached hydrogen (secondary N) is 2. The third kappa shape index (κ3) is 4.74. The fraction of sp³-hybridized carbons (Fsp3) is 0.333. The van der Waals surface area contributed by atoms with E-state index in [9.17, 15) is 4.79 Å². The SMILES string of the molecule is COc1ccc2nccc(C(=O)NCCCN3CCC(c4c[nH]c5ccc(Cl)cc45)CC3)c2c1. The molecule has 1 amide bonds. The van der Waals surface area contributed by atoms with Crippen LogP contribution in [0.4, 0.5) is 0 Å². The van der Waals surface area contributed by atoms with Crippen molar-refractivity contribution in [1.82, 2.24) is 20.2 Å². The Bertz CT molecular complexity index is 1310. The van der Waals surface area contributed by atoms with Crippen LogP contribution in [0.3, 0.4) is 0 Å². The van der Waals surface area contributed by atoms with E-state index in [1.54, 1.807) is 19.4 Å². The first-order valence-electron chi connectivity index (χ1n) is 11.8. The van der Waals surface area contributed by atoms with Gasteiger partial charge >= 0.3 is 0 Å². The van der Waals surface area contributed by atoms with Crippen LogP contribution in [0, 0.1) is 0 Å². The highest BCUT2D eigenvalue weighted by Crippen LogP contribution is 2.34. The summed E-state index contributed by atoms with van der Waals surface area (Å²) in [5, 5.41) is 5.91. The maximum atomic E-state index is 12.8. The van der Waals surface area contributed by atoms with Crippen molar-refractivity contribution in [3.05, 3.63) is 71.0 Å². The smallest absolute Gasteiger partial charge is 0.252 e. The maximum absolute atomic E-state index is 12.8. The minimum absolute atomic E-state index is 0.0719. The van der Waals surface area contributed by atoms with Crippen molar-refractivity contribution in [1.29, 1.82) is 0 Å². The van der Waals surface area contributed by atoms with Gasteiger partial charge in [0, 0.05) is 40.3 Å². The molecule has 1 saturated heterocycles. The zero-order valence-corrected chi connectivity index (χ0v) is 20.1. The summed E-state index contributed by atoms with van der Waals surface area (Å²) in [6.45, 7) is 3.77. The van der Waals surface area contributed by atoms with Gasteiger partial charge < -0.3 is 19.9 Å². The van der Waals surface area contributed by atoms with Crippen LogP contribution in [0.5, 0.6) is 5.75 Å². The molecule has 3 heterocycles. The van der Waals surface area contributed by atoms with Crippen LogP contribution >= 0.6 is 11.6 Å². The first-order valence-corrected chi connectivity index (χ1v) is 12.2. The lowest BCUT2D eigenvalue weighted by atomic mass is 9.89. The number of hydrogen-bond acceptors (Lipinski definition) is 4. The monoisotopic (exact) mass is 476 g/mol. The molecular formula is C27H29ClN4O2. The molecule has 0 spiro atoms. The summed E-state index contributed by atoms with van der Waals surface area (Å²) < 4.78 is 5.31. The molecule has 2 aromatic heterocycles. The van der Waals surface area contributed by atoms with Gasteiger partial charge in [0.05, 0.1) is 18.2 Å². The predicted molar refractivity (Wildman–Crippen MR) is 137 cm³/mol. The van der Waals surface area contributed by atoms with E-state index in [1.165, 1.54) is 10.9 Å². The quantitative estimate of drug-likeness (QED) is 0.351. The Morgan fingerprint density at radius 2 is 2.03 bits per heavy atom. The van der Waals surface area contributed by atoms with Crippen LogP contribution in [0.25, 0.3) is 21.8 Å². The molecule has 176 valence electrons. The Balaban J connectivity index is 1.11. The van der Waals surface area contributed by atoms with Crippen molar-refractivity contribution in [2.75, 3.05) is 33.3 Å². The number of methoxy groups -OCH3 is 1. The highest BCUT2D eigenvalue weighted by atomic mass is 35.5. The van der Waals surface area contributed by atoms with Crippen LogP contribution in [0.15, 0.2) is 54.9 Å². The lowest BCUT2D eigenvalue weighted by Crippen LogP contribution is -2.35. The standard InChI is InChI=1S/C27H29ClN4O2/c1-34-20-4-6-25-23(16-20)21(7-11-29-25)27(33)30-10-2-12-32-13-8-18(9-14-32)24-17-31-26-5-3-19(28)15-22(24)26/h3-7,11,15-18,31H,2,8-10,12-14H2,1H3,(H,30,33). The number of pyridine rings is 1. The molecule has 5 rings (SSSR count). The summed E-state index contributed by atoms with van der Waals surface area (Å²) >= 11 is 6.22. The van der Waals surface area contributed by atoms with Crippen LogP contribution in [0.1, 0.15) is 41.1 Å². The third-order valence-corrected chi connectivity index (χ3v) is 7.07. The Kier molecular flexibility index (Phi) is 6.70. The lowest BCUT2D eigenvalue weighted by Gasteiger charge is -2.32. The Morgan fingerprint density at radius 3 is 2.85 bits per heavy atom. The summed E-state index contributed by atoms with van der Waals surface area (Å²) in [6.07, 6.45) is 7.02. The highest BCUT2D eigenvalue weighted by molar-refractivity contribution is 6.31. The first-order chi connectivity index (χ1) is 16.6. The van der Waals surface area contributed by atoms with E-state index in [1.807, 2.05) is 24.3 Å². The average molecular weight is 477 g/mol. The number of aromatic amines is 1. The zero-order valence-electron chi connectivity index (χ0n) is 19.3. The number of piperidine rings is 1. The first kappa shape index (κ1) is 22.7. The number of carbonyl (C=O) groups is 1. The minimum atomic E-state index is -0.0719. The number of rotatable bonds is 7.